The standard InChI is InChI=1S/C9H14N2O2/c1-2-11-4-3-6-7(5-11)9(13)10-8(6)12/h6-7H,2-5H2,1H3,(H,10,12,13)/t6-,7+/m1/s1. The van der Waals surface area contributed by atoms with E-state index in [4.69, 9.17) is 0 Å². The maximum Gasteiger partial charge on any atom is 0.231 e. The molecule has 2 heterocycles. The third kappa shape index (κ3) is 1.35. The van der Waals surface area contributed by atoms with Crippen molar-refractivity contribution in [1.82, 2.24) is 10.2 Å². The molecular formula is C9H14N2O2. The van der Waals surface area contributed by atoms with Crippen LogP contribution < -0.4 is 5.32 Å². The minimum atomic E-state index is -0.0822. The Morgan fingerprint density at radius 1 is 1.38 bits per heavy atom. The summed E-state index contributed by atoms with van der Waals surface area (Å²) in [7, 11) is 0. The first kappa shape index (κ1) is 8.69. The lowest BCUT2D eigenvalue weighted by Gasteiger charge is -2.31. The Labute approximate surface area is 77.3 Å². The normalized spacial score (nSPS) is 34.5. The largest absolute Gasteiger partial charge is 0.303 e. The van der Waals surface area contributed by atoms with E-state index >= 15 is 0 Å². The molecule has 0 spiro atoms. The lowest BCUT2D eigenvalue weighted by atomic mass is 9.88. The highest BCUT2D eigenvalue weighted by Crippen LogP contribution is 2.27. The van der Waals surface area contributed by atoms with Crippen molar-refractivity contribution in [1.29, 1.82) is 0 Å². The first-order chi connectivity index (χ1) is 6.22. The predicted octanol–water partition coefficient (Wildman–Crippen LogP) is -0.399. The number of piperidine rings is 1. The summed E-state index contributed by atoms with van der Waals surface area (Å²) < 4.78 is 0. The van der Waals surface area contributed by atoms with E-state index in [0.717, 1.165) is 26.1 Å². The molecule has 4 heteroatoms. The molecule has 1 N–H and O–H groups in total. The van der Waals surface area contributed by atoms with E-state index < -0.39 is 0 Å². The number of hydrogen-bond acceptors (Lipinski definition) is 3. The third-order valence-electron chi connectivity index (χ3n) is 3.06. The lowest BCUT2D eigenvalue weighted by Crippen LogP contribution is -2.41. The second-order valence-corrected chi connectivity index (χ2v) is 3.75. The molecule has 13 heavy (non-hydrogen) atoms. The van der Waals surface area contributed by atoms with Crippen LogP contribution in [0.25, 0.3) is 0 Å². The van der Waals surface area contributed by atoms with E-state index in [0.29, 0.717) is 0 Å². The van der Waals surface area contributed by atoms with Gasteiger partial charge in [0.15, 0.2) is 0 Å². The van der Waals surface area contributed by atoms with Gasteiger partial charge in [-0.05, 0) is 19.5 Å². The molecule has 0 saturated carbocycles. The molecular weight excluding hydrogens is 168 g/mol. The van der Waals surface area contributed by atoms with Crippen molar-refractivity contribution >= 4 is 11.8 Å². The minimum absolute atomic E-state index is 0.0460. The van der Waals surface area contributed by atoms with Gasteiger partial charge in [-0.25, -0.2) is 0 Å². The second kappa shape index (κ2) is 3.10. The van der Waals surface area contributed by atoms with Gasteiger partial charge in [0.2, 0.25) is 11.8 Å². The van der Waals surface area contributed by atoms with E-state index in [1.54, 1.807) is 0 Å². The molecule has 0 radical (unpaired) electrons. The zero-order valence-corrected chi connectivity index (χ0v) is 7.75. The fourth-order valence-corrected chi connectivity index (χ4v) is 2.19. The molecule has 0 aromatic heterocycles. The van der Waals surface area contributed by atoms with Crippen molar-refractivity contribution in [3.8, 4) is 0 Å². The number of rotatable bonds is 1. The zero-order chi connectivity index (χ0) is 9.42. The van der Waals surface area contributed by atoms with Gasteiger partial charge in [-0.15, -0.1) is 0 Å². The van der Waals surface area contributed by atoms with Gasteiger partial charge in [0, 0.05) is 6.54 Å². The molecule has 0 aromatic carbocycles. The molecule has 72 valence electrons. The Hall–Kier alpha value is -0.900. The SMILES string of the molecule is CCN1CC[C@H]2C(=O)NC(=O)[C@H]2C1. The topological polar surface area (TPSA) is 49.4 Å². The number of amides is 2. The minimum Gasteiger partial charge on any atom is -0.303 e. The molecule has 0 unspecified atom stereocenters. The van der Waals surface area contributed by atoms with E-state index in [2.05, 4.69) is 17.1 Å². The Balaban J connectivity index is 2.10. The number of carbonyl (C=O) groups is 2. The average Bonchev–Trinajstić information content (AvgIpc) is 2.42. The van der Waals surface area contributed by atoms with Crippen molar-refractivity contribution in [2.45, 2.75) is 13.3 Å². The molecule has 0 aromatic rings. The smallest absolute Gasteiger partial charge is 0.231 e. The summed E-state index contributed by atoms with van der Waals surface area (Å²) in [4.78, 5) is 24.8. The summed E-state index contributed by atoms with van der Waals surface area (Å²) in [5.41, 5.74) is 0. The van der Waals surface area contributed by atoms with Gasteiger partial charge in [0.1, 0.15) is 0 Å². The molecule has 2 rings (SSSR count). The molecule has 2 aliphatic rings. The van der Waals surface area contributed by atoms with Gasteiger partial charge < -0.3 is 4.90 Å². The van der Waals surface area contributed by atoms with Crippen molar-refractivity contribution in [3.63, 3.8) is 0 Å². The van der Waals surface area contributed by atoms with E-state index in [1.165, 1.54) is 0 Å². The summed E-state index contributed by atoms with van der Waals surface area (Å²) in [6, 6.07) is 0. The van der Waals surface area contributed by atoms with Crippen LogP contribution in [0.4, 0.5) is 0 Å². The Morgan fingerprint density at radius 3 is 2.77 bits per heavy atom. The Morgan fingerprint density at radius 2 is 2.08 bits per heavy atom. The highest BCUT2D eigenvalue weighted by Gasteiger charge is 2.44. The van der Waals surface area contributed by atoms with Crippen LogP contribution in [0.5, 0.6) is 0 Å². The number of likely N-dealkylation sites (tertiary alicyclic amines) is 1. The number of hydrogen-bond donors (Lipinski definition) is 1. The van der Waals surface area contributed by atoms with Gasteiger partial charge in [-0.1, -0.05) is 6.92 Å². The molecule has 2 saturated heterocycles. The summed E-state index contributed by atoms with van der Waals surface area (Å²) in [6.45, 7) is 4.73. The molecule has 2 fully saturated rings. The van der Waals surface area contributed by atoms with Crippen molar-refractivity contribution in [2.75, 3.05) is 19.6 Å². The summed E-state index contributed by atoms with van der Waals surface area (Å²) in [6.07, 6.45) is 0.829. The van der Waals surface area contributed by atoms with Gasteiger partial charge in [0.25, 0.3) is 0 Å². The van der Waals surface area contributed by atoms with Gasteiger partial charge in [0.05, 0.1) is 11.8 Å². The van der Waals surface area contributed by atoms with Crippen LogP contribution in [0.15, 0.2) is 0 Å². The van der Waals surface area contributed by atoms with E-state index in [-0.39, 0.29) is 23.7 Å². The van der Waals surface area contributed by atoms with Crippen LogP contribution >= 0.6 is 0 Å². The Bertz CT molecular complexity index is 252. The van der Waals surface area contributed by atoms with Crippen LogP contribution in [0, 0.1) is 11.8 Å². The zero-order valence-electron chi connectivity index (χ0n) is 7.75. The summed E-state index contributed by atoms with van der Waals surface area (Å²) >= 11 is 0. The number of carbonyl (C=O) groups excluding carboxylic acids is 2. The lowest BCUT2D eigenvalue weighted by molar-refractivity contribution is -0.126. The first-order valence-corrected chi connectivity index (χ1v) is 4.79. The van der Waals surface area contributed by atoms with Crippen LogP contribution in [0.2, 0.25) is 0 Å². The maximum absolute atomic E-state index is 11.3. The second-order valence-electron chi connectivity index (χ2n) is 3.75. The molecule has 4 nitrogen and oxygen atoms in total. The molecule has 2 atom stereocenters. The van der Waals surface area contributed by atoms with Gasteiger partial charge in [-0.2, -0.15) is 0 Å². The van der Waals surface area contributed by atoms with Crippen LogP contribution in [0.3, 0.4) is 0 Å². The van der Waals surface area contributed by atoms with Crippen LogP contribution in [-0.4, -0.2) is 36.3 Å². The van der Waals surface area contributed by atoms with Gasteiger partial charge in [-0.3, -0.25) is 14.9 Å². The predicted molar refractivity (Wildman–Crippen MR) is 46.9 cm³/mol. The van der Waals surface area contributed by atoms with Crippen LogP contribution in [-0.2, 0) is 9.59 Å². The van der Waals surface area contributed by atoms with Crippen molar-refractivity contribution < 1.29 is 9.59 Å². The first-order valence-electron chi connectivity index (χ1n) is 4.79. The maximum atomic E-state index is 11.3. The van der Waals surface area contributed by atoms with Crippen molar-refractivity contribution in [3.05, 3.63) is 0 Å². The molecule has 2 aliphatic heterocycles. The average molecular weight is 182 g/mol. The summed E-state index contributed by atoms with van der Waals surface area (Å²) in [5, 5.41) is 2.40. The van der Waals surface area contributed by atoms with Crippen molar-refractivity contribution in [2.24, 2.45) is 11.8 Å². The molecule has 2 amide bonds. The fraction of sp³-hybridized carbons (Fsp3) is 0.778. The Kier molecular flexibility index (Phi) is 2.07. The highest BCUT2D eigenvalue weighted by molar-refractivity contribution is 6.05. The monoisotopic (exact) mass is 182 g/mol. The number of nitrogens with zero attached hydrogens (tertiary/aromatic N) is 1. The van der Waals surface area contributed by atoms with Gasteiger partial charge >= 0.3 is 0 Å². The quantitative estimate of drug-likeness (QED) is 0.561. The number of imide groups is 1. The molecule has 0 aliphatic carbocycles. The third-order valence-corrected chi connectivity index (χ3v) is 3.06. The highest BCUT2D eigenvalue weighted by atomic mass is 16.2. The number of fused-ring (bicyclic) bond motifs is 1. The summed E-state index contributed by atoms with van der Waals surface area (Å²) in [5.74, 6) is -0.268. The molecule has 0 bridgehead atoms. The van der Waals surface area contributed by atoms with E-state index in [9.17, 15) is 9.59 Å². The van der Waals surface area contributed by atoms with Crippen LogP contribution in [0.1, 0.15) is 13.3 Å². The fourth-order valence-electron chi connectivity index (χ4n) is 2.19. The number of nitrogens with one attached hydrogen (secondary N) is 1. The van der Waals surface area contributed by atoms with E-state index in [1.807, 2.05) is 0 Å².